The van der Waals surface area contributed by atoms with Crippen LogP contribution in [0.2, 0.25) is 0 Å². The van der Waals surface area contributed by atoms with Crippen LogP contribution in [-0.4, -0.2) is 12.6 Å². The molecule has 0 radical (unpaired) electrons. The van der Waals surface area contributed by atoms with Crippen LogP contribution in [0.15, 0.2) is 11.9 Å². The Hall–Kier alpha value is -1.32. The van der Waals surface area contributed by atoms with Crippen molar-refractivity contribution >= 4 is 12.6 Å². The van der Waals surface area contributed by atoms with Crippen molar-refractivity contribution in [1.82, 2.24) is 5.32 Å². The molecule has 4 N–H and O–H groups in total. The number of carbonyl (C=O) groups is 1. The predicted molar refractivity (Wildman–Crippen MR) is 30.3 cm³/mol. The number of nitrogens with one attached hydrogen (secondary N) is 2. The molecule has 0 unspecified atom stereocenters. The number of rotatable bonds is 3. The standard InChI is InChI=1S/C4H7N3O/c5-1-4(2-6)7-3-8/h1-3,5H,6H2,(H,7,8)/b4-2+,5-1?. The fourth-order valence-corrected chi connectivity index (χ4v) is 0.206. The summed E-state index contributed by atoms with van der Waals surface area (Å²) in [5, 5.41) is 8.76. The molecule has 0 aromatic heterocycles. The van der Waals surface area contributed by atoms with Crippen molar-refractivity contribution in [2.45, 2.75) is 0 Å². The Morgan fingerprint density at radius 1 is 1.75 bits per heavy atom. The molecule has 0 fully saturated rings. The summed E-state index contributed by atoms with van der Waals surface area (Å²) in [5.74, 6) is 0. The zero-order chi connectivity index (χ0) is 6.41. The quantitative estimate of drug-likeness (QED) is 0.330. The summed E-state index contributed by atoms with van der Waals surface area (Å²) in [4.78, 5) is 9.62. The lowest BCUT2D eigenvalue weighted by molar-refractivity contribution is -0.108. The Bertz CT molecular complexity index is 118. The molecule has 0 bridgehead atoms. The number of allylic oxidation sites excluding steroid dienone is 1. The molecular formula is C4H7N3O. The molecular weight excluding hydrogens is 106 g/mol. The van der Waals surface area contributed by atoms with E-state index in [1.54, 1.807) is 0 Å². The Morgan fingerprint density at radius 3 is 2.50 bits per heavy atom. The third kappa shape index (κ3) is 1.96. The van der Waals surface area contributed by atoms with Crippen molar-refractivity contribution in [3.8, 4) is 0 Å². The van der Waals surface area contributed by atoms with Crippen molar-refractivity contribution in [3.63, 3.8) is 0 Å². The summed E-state index contributed by atoms with van der Waals surface area (Å²) >= 11 is 0. The lowest BCUT2D eigenvalue weighted by Crippen LogP contribution is -2.12. The predicted octanol–water partition coefficient (Wildman–Crippen LogP) is -0.818. The largest absolute Gasteiger partial charge is 0.403 e. The molecule has 0 saturated carbocycles. The maximum Gasteiger partial charge on any atom is 0.211 e. The van der Waals surface area contributed by atoms with Gasteiger partial charge in [0.15, 0.2) is 0 Å². The van der Waals surface area contributed by atoms with Gasteiger partial charge in [0.05, 0.1) is 5.70 Å². The highest BCUT2D eigenvalue weighted by atomic mass is 16.1. The number of hydrogen-bond acceptors (Lipinski definition) is 3. The molecule has 0 aliphatic carbocycles. The molecule has 8 heavy (non-hydrogen) atoms. The second-order valence-electron chi connectivity index (χ2n) is 1.03. The maximum absolute atomic E-state index is 9.62. The van der Waals surface area contributed by atoms with Crippen molar-refractivity contribution < 1.29 is 4.79 Å². The van der Waals surface area contributed by atoms with Gasteiger partial charge in [0.1, 0.15) is 0 Å². The van der Waals surface area contributed by atoms with Crippen LogP contribution in [0.4, 0.5) is 0 Å². The van der Waals surface area contributed by atoms with E-state index < -0.39 is 0 Å². The first-order valence-corrected chi connectivity index (χ1v) is 1.97. The molecule has 1 amide bonds. The zero-order valence-electron chi connectivity index (χ0n) is 4.22. The average molecular weight is 113 g/mol. The van der Waals surface area contributed by atoms with Gasteiger partial charge in [-0.25, -0.2) is 0 Å². The van der Waals surface area contributed by atoms with Crippen LogP contribution < -0.4 is 11.1 Å². The number of hydrogen-bond donors (Lipinski definition) is 3. The fraction of sp³-hybridized carbons (Fsp3) is 0. The van der Waals surface area contributed by atoms with Crippen molar-refractivity contribution in [2.75, 3.05) is 0 Å². The van der Waals surface area contributed by atoms with Crippen molar-refractivity contribution in [2.24, 2.45) is 5.73 Å². The minimum Gasteiger partial charge on any atom is -0.403 e. The molecule has 0 heterocycles. The Morgan fingerprint density at radius 2 is 2.38 bits per heavy atom. The first kappa shape index (κ1) is 6.68. The maximum atomic E-state index is 9.62. The highest BCUT2D eigenvalue weighted by molar-refractivity contribution is 5.78. The normalized spacial score (nSPS) is 10.2. The first-order chi connectivity index (χ1) is 3.85. The highest BCUT2D eigenvalue weighted by Gasteiger charge is 1.82. The van der Waals surface area contributed by atoms with Gasteiger partial charge in [0.2, 0.25) is 6.41 Å². The van der Waals surface area contributed by atoms with E-state index in [4.69, 9.17) is 11.1 Å². The van der Waals surface area contributed by atoms with Gasteiger partial charge in [-0.15, -0.1) is 0 Å². The van der Waals surface area contributed by atoms with Crippen LogP contribution in [0.3, 0.4) is 0 Å². The summed E-state index contributed by atoms with van der Waals surface area (Å²) < 4.78 is 0. The lowest BCUT2D eigenvalue weighted by atomic mass is 10.5. The van der Waals surface area contributed by atoms with E-state index in [0.717, 1.165) is 12.4 Å². The van der Waals surface area contributed by atoms with Crippen LogP contribution in [-0.2, 0) is 4.79 Å². The van der Waals surface area contributed by atoms with E-state index in [-0.39, 0.29) is 0 Å². The molecule has 0 rings (SSSR count). The number of nitrogens with two attached hydrogens (primary N) is 1. The monoisotopic (exact) mass is 113 g/mol. The van der Waals surface area contributed by atoms with Crippen LogP contribution in [0, 0.1) is 5.41 Å². The second kappa shape index (κ2) is 3.86. The molecule has 0 aliphatic heterocycles. The second-order valence-corrected chi connectivity index (χ2v) is 1.03. The highest BCUT2D eigenvalue weighted by Crippen LogP contribution is 1.72. The Labute approximate surface area is 46.9 Å². The molecule has 0 aromatic carbocycles. The number of carbonyl (C=O) groups excluding carboxylic acids is 1. The van der Waals surface area contributed by atoms with Crippen LogP contribution in [0.1, 0.15) is 0 Å². The van der Waals surface area contributed by atoms with Crippen molar-refractivity contribution in [1.29, 1.82) is 5.41 Å². The lowest BCUT2D eigenvalue weighted by Gasteiger charge is -1.91. The fourth-order valence-electron chi connectivity index (χ4n) is 0.206. The van der Waals surface area contributed by atoms with E-state index in [1.165, 1.54) is 0 Å². The molecule has 0 spiro atoms. The van der Waals surface area contributed by atoms with Gasteiger partial charge in [-0.2, -0.15) is 0 Å². The van der Waals surface area contributed by atoms with Gasteiger partial charge in [-0.3, -0.25) is 4.79 Å². The van der Waals surface area contributed by atoms with Gasteiger partial charge in [-0.1, -0.05) is 0 Å². The molecule has 0 aromatic rings. The van der Waals surface area contributed by atoms with Crippen LogP contribution in [0.5, 0.6) is 0 Å². The van der Waals surface area contributed by atoms with Gasteiger partial charge < -0.3 is 16.5 Å². The molecule has 4 nitrogen and oxygen atoms in total. The van der Waals surface area contributed by atoms with E-state index in [1.807, 2.05) is 0 Å². The average Bonchev–Trinajstić information content (AvgIpc) is 1.83. The first-order valence-electron chi connectivity index (χ1n) is 1.97. The summed E-state index contributed by atoms with van der Waals surface area (Å²) in [6.07, 6.45) is 2.56. The van der Waals surface area contributed by atoms with E-state index in [0.29, 0.717) is 12.1 Å². The minimum absolute atomic E-state index is 0.292. The van der Waals surface area contributed by atoms with E-state index in [2.05, 4.69) is 5.32 Å². The number of amides is 1. The minimum atomic E-state index is 0.292. The Balaban J connectivity index is 3.71. The third-order valence-electron chi connectivity index (χ3n) is 0.561. The van der Waals surface area contributed by atoms with Gasteiger partial charge in [-0.05, 0) is 0 Å². The topological polar surface area (TPSA) is 79.0 Å². The van der Waals surface area contributed by atoms with Gasteiger partial charge >= 0.3 is 0 Å². The third-order valence-corrected chi connectivity index (χ3v) is 0.561. The van der Waals surface area contributed by atoms with Crippen molar-refractivity contribution in [3.05, 3.63) is 11.9 Å². The van der Waals surface area contributed by atoms with Crippen LogP contribution in [0.25, 0.3) is 0 Å². The molecule has 0 atom stereocenters. The molecule has 44 valence electrons. The SMILES string of the molecule is N=C/C(=C\N)NC=O. The van der Waals surface area contributed by atoms with Gasteiger partial charge in [0.25, 0.3) is 0 Å². The molecule has 0 saturated heterocycles. The zero-order valence-corrected chi connectivity index (χ0v) is 4.22. The van der Waals surface area contributed by atoms with Gasteiger partial charge in [0, 0.05) is 12.4 Å². The summed E-state index contributed by atoms with van der Waals surface area (Å²) in [5.41, 5.74) is 5.23. The smallest absolute Gasteiger partial charge is 0.211 e. The van der Waals surface area contributed by atoms with E-state index >= 15 is 0 Å². The van der Waals surface area contributed by atoms with Crippen LogP contribution >= 0.6 is 0 Å². The molecule has 0 aliphatic rings. The summed E-state index contributed by atoms with van der Waals surface area (Å²) in [6, 6.07) is 0. The molecule has 4 heteroatoms. The Kier molecular flexibility index (Phi) is 3.22. The summed E-state index contributed by atoms with van der Waals surface area (Å²) in [7, 11) is 0. The van der Waals surface area contributed by atoms with E-state index in [9.17, 15) is 4.79 Å². The summed E-state index contributed by atoms with van der Waals surface area (Å²) in [6.45, 7) is 0.